The molecular weight excluding hydrogens is 166 g/mol. The van der Waals surface area contributed by atoms with Gasteiger partial charge in [-0.25, -0.2) is 0 Å². The minimum absolute atomic E-state index is 0. The molecule has 0 aromatic heterocycles. The molecule has 0 bridgehead atoms. The van der Waals surface area contributed by atoms with Crippen molar-refractivity contribution in [2.24, 2.45) is 0 Å². The van der Waals surface area contributed by atoms with E-state index in [0.717, 1.165) is 0 Å². The van der Waals surface area contributed by atoms with Gasteiger partial charge in [0.2, 0.25) is 8.03 Å². The first-order valence-corrected chi connectivity index (χ1v) is 5.04. The van der Waals surface area contributed by atoms with Crippen LogP contribution in [0.1, 0.15) is 7.43 Å². The summed E-state index contributed by atoms with van der Waals surface area (Å²) in [7, 11) is -7.24. The van der Waals surface area contributed by atoms with Crippen molar-refractivity contribution in [3.05, 3.63) is 0 Å². The Kier molecular flexibility index (Phi) is 5.63. The molecule has 5 nitrogen and oxygen atoms in total. The van der Waals surface area contributed by atoms with E-state index in [2.05, 4.69) is 0 Å². The van der Waals surface area contributed by atoms with Crippen LogP contribution in [0.2, 0.25) is 0 Å². The second kappa shape index (κ2) is 4.20. The molecule has 0 aromatic rings. The van der Waals surface area contributed by atoms with Crippen molar-refractivity contribution in [1.29, 1.82) is 0 Å². The summed E-state index contributed by atoms with van der Waals surface area (Å²) < 4.78 is 19.5. The van der Waals surface area contributed by atoms with Crippen LogP contribution in [0.25, 0.3) is 0 Å². The summed E-state index contributed by atoms with van der Waals surface area (Å²) in [6, 6.07) is 0. The van der Waals surface area contributed by atoms with Crippen LogP contribution in [-0.2, 0) is 9.13 Å². The minimum Gasteiger partial charge on any atom is -0.346 e. The van der Waals surface area contributed by atoms with Gasteiger partial charge in [0.15, 0.2) is 0 Å². The van der Waals surface area contributed by atoms with E-state index in [1.54, 1.807) is 0 Å². The second-order valence-electron chi connectivity index (χ2n) is 1.22. The molecule has 0 aliphatic carbocycles. The summed E-state index contributed by atoms with van der Waals surface area (Å²) in [5, 5.41) is 0. The van der Waals surface area contributed by atoms with Crippen molar-refractivity contribution in [1.82, 2.24) is 0 Å². The van der Waals surface area contributed by atoms with Crippen LogP contribution in [0.4, 0.5) is 0 Å². The fraction of sp³-hybridized carbons (Fsp3) is 1.00. The van der Waals surface area contributed by atoms with Gasteiger partial charge in [-0.05, 0) is 0 Å². The Hall–Kier alpha value is 0.340. The van der Waals surface area contributed by atoms with Crippen LogP contribution in [0.15, 0.2) is 0 Å². The molecule has 0 saturated carbocycles. The molecule has 0 aromatic carbocycles. The van der Waals surface area contributed by atoms with Gasteiger partial charge in [0.25, 0.3) is 0 Å². The van der Waals surface area contributed by atoms with Crippen LogP contribution in [0.5, 0.6) is 0 Å². The first-order chi connectivity index (χ1) is 3.42. The van der Waals surface area contributed by atoms with Crippen molar-refractivity contribution >= 4 is 15.6 Å². The zero-order valence-corrected chi connectivity index (χ0v) is 5.71. The molecule has 9 heavy (non-hydrogen) atoms. The zero-order chi connectivity index (χ0) is 6.78. The lowest BCUT2D eigenvalue weighted by atomic mass is 11.9. The average molecular weight is 176 g/mol. The fourth-order valence-corrected chi connectivity index (χ4v) is 1.59. The monoisotopic (exact) mass is 176 g/mol. The topological polar surface area (TPSA) is 94.8 Å². The third-order valence-corrected chi connectivity index (χ3v) is 3.07. The Bertz CT molecular complexity index is 136. The van der Waals surface area contributed by atoms with E-state index in [4.69, 9.17) is 14.7 Å². The van der Waals surface area contributed by atoms with Crippen molar-refractivity contribution in [2.75, 3.05) is 5.90 Å². The Morgan fingerprint density at radius 3 is 1.78 bits per heavy atom. The van der Waals surface area contributed by atoms with E-state index < -0.39 is 21.5 Å². The van der Waals surface area contributed by atoms with E-state index in [1.807, 2.05) is 0 Å². The van der Waals surface area contributed by atoms with E-state index >= 15 is 0 Å². The van der Waals surface area contributed by atoms with Gasteiger partial charge in [0.1, 0.15) is 5.90 Å². The number of hydrogen-bond donors (Lipinski definition) is 3. The Morgan fingerprint density at radius 1 is 1.44 bits per heavy atom. The third-order valence-electron chi connectivity index (χ3n) is 0.341. The zero-order valence-electron chi connectivity index (χ0n) is 3.81. The largest absolute Gasteiger partial charge is 0.346 e. The molecule has 58 valence electrons. The van der Waals surface area contributed by atoms with Crippen molar-refractivity contribution in [3.8, 4) is 0 Å². The lowest BCUT2D eigenvalue weighted by Crippen LogP contribution is -1.78. The maximum atomic E-state index is 9.80. The minimum atomic E-state index is -4.24. The summed E-state index contributed by atoms with van der Waals surface area (Å²) in [5.41, 5.74) is 0. The summed E-state index contributed by atoms with van der Waals surface area (Å²) >= 11 is 0. The molecular formula is C2H10O5P2. The van der Waals surface area contributed by atoms with E-state index in [0.29, 0.717) is 0 Å². The maximum absolute atomic E-state index is 9.80. The van der Waals surface area contributed by atoms with Crippen LogP contribution in [0, 0.1) is 0 Å². The lowest BCUT2D eigenvalue weighted by molar-refractivity contribution is 0.377. The number of hydrogen-bond acceptors (Lipinski definition) is 2. The molecule has 0 radical (unpaired) electrons. The quantitative estimate of drug-likeness (QED) is 0.523. The van der Waals surface area contributed by atoms with Crippen LogP contribution in [0.3, 0.4) is 0 Å². The molecule has 0 rings (SSSR count). The Labute approximate surface area is 53.7 Å². The summed E-state index contributed by atoms with van der Waals surface area (Å²) in [4.78, 5) is 23.9. The van der Waals surface area contributed by atoms with Gasteiger partial charge in [-0.15, -0.1) is 0 Å². The van der Waals surface area contributed by atoms with Gasteiger partial charge in [-0.1, -0.05) is 7.43 Å². The molecule has 0 saturated heterocycles. The van der Waals surface area contributed by atoms with Gasteiger partial charge in [-0.3, -0.25) is 9.13 Å². The van der Waals surface area contributed by atoms with Crippen molar-refractivity contribution in [3.63, 3.8) is 0 Å². The highest BCUT2D eigenvalue weighted by atomic mass is 31.2. The fourth-order valence-electron chi connectivity index (χ4n) is 0.176. The second-order valence-corrected chi connectivity index (χ2v) is 4.60. The highest BCUT2D eigenvalue weighted by molar-refractivity contribution is 7.64. The van der Waals surface area contributed by atoms with Gasteiger partial charge in [0.05, 0.1) is 0 Å². The van der Waals surface area contributed by atoms with Gasteiger partial charge < -0.3 is 14.7 Å². The van der Waals surface area contributed by atoms with Crippen molar-refractivity contribution < 1.29 is 23.8 Å². The lowest BCUT2D eigenvalue weighted by Gasteiger charge is -1.96. The molecule has 0 aliphatic rings. The molecule has 1 atom stereocenters. The smallest absolute Gasteiger partial charge is 0.334 e. The molecule has 0 spiro atoms. The SMILES string of the molecule is C.O=[PH](O)CP(=O)(O)O. The summed E-state index contributed by atoms with van der Waals surface area (Å²) in [6.45, 7) is 0. The standard InChI is InChI=1S/CH6O5P2.CH4/c2-7(3)1-8(4,5)6;/h7H,1H2,(H,2,3)(H2,4,5,6);1H4. The first kappa shape index (κ1) is 12.1. The highest BCUT2D eigenvalue weighted by Gasteiger charge is 2.14. The van der Waals surface area contributed by atoms with E-state index in [1.165, 1.54) is 0 Å². The molecule has 0 fully saturated rings. The van der Waals surface area contributed by atoms with E-state index in [9.17, 15) is 9.13 Å². The van der Waals surface area contributed by atoms with E-state index in [-0.39, 0.29) is 7.43 Å². The highest BCUT2D eigenvalue weighted by Crippen LogP contribution is 2.42. The molecule has 3 N–H and O–H groups in total. The third kappa shape index (κ3) is 11.8. The summed E-state index contributed by atoms with van der Waals surface area (Å²) in [6.07, 6.45) is 0. The number of rotatable bonds is 2. The van der Waals surface area contributed by atoms with Crippen LogP contribution < -0.4 is 0 Å². The first-order valence-electron chi connectivity index (χ1n) is 1.68. The Balaban J connectivity index is 0. The van der Waals surface area contributed by atoms with Crippen LogP contribution in [-0.4, -0.2) is 20.6 Å². The molecule has 0 heterocycles. The van der Waals surface area contributed by atoms with Crippen LogP contribution >= 0.6 is 15.6 Å². The molecule has 7 heteroatoms. The molecule has 0 amide bonds. The molecule has 1 unspecified atom stereocenters. The predicted octanol–water partition coefficient (Wildman–Crippen LogP) is 0.225. The average Bonchev–Trinajstić information content (AvgIpc) is 1.21. The summed E-state index contributed by atoms with van der Waals surface area (Å²) in [5.74, 6) is -0.905. The van der Waals surface area contributed by atoms with Crippen molar-refractivity contribution in [2.45, 2.75) is 7.43 Å². The van der Waals surface area contributed by atoms with Gasteiger partial charge >= 0.3 is 7.60 Å². The normalized spacial score (nSPS) is 14.1. The predicted molar refractivity (Wildman–Crippen MR) is 34.9 cm³/mol. The van der Waals surface area contributed by atoms with Gasteiger partial charge in [0, 0.05) is 0 Å². The Morgan fingerprint density at radius 2 is 1.78 bits per heavy atom. The van der Waals surface area contributed by atoms with Gasteiger partial charge in [-0.2, -0.15) is 0 Å². The molecule has 0 aliphatic heterocycles. The maximum Gasteiger partial charge on any atom is 0.334 e.